The van der Waals surface area contributed by atoms with Crippen LogP contribution in [0.2, 0.25) is 0 Å². The van der Waals surface area contributed by atoms with E-state index >= 15 is 0 Å². The minimum atomic E-state index is -3.49. The zero-order chi connectivity index (χ0) is 11.6. The first-order valence-corrected chi connectivity index (χ1v) is 6.68. The molecule has 0 aliphatic heterocycles. The number of benzene rings is 1. The van der Waals surface area contributed by atoms with Gasteiger partial charge in [-0.15, -0.1) is 0 Å². The fraction of sp³-hybridized carbons (Fsp3) is 0.333. The first-order valence-electron chi connectivity index (χ1n) is 4.40. The molecule has 0 unspecified atom stereocenters. The van der Waals surface area contributed by atoms with Gasteiger partial charge in [-0.05, 0) is 48.0 Å². The molecule has 0 heterocycles. The van der Waals surface area contributed by atoms with Crippen LogP contribution in [0.15, 0.2) is 27.6 Å². The summed E-state index contributed by atoms with van der Waals surface area (Å²) in [7, 11) is -3.49. The van der Waals surface area contributed by atoms with Crippen LogP contribution in [0.25, 0.3) is 0 Å². The largest absolute Gasteiger partial charge is 0.399 e. The van der Waals surface area contributed by atoms with Crippen molar-refractivity contribution in [3.63, 3.8) is 0 Å². The predicted molar refractivity (Wildman–Crippen MR) is 64.0 cm³/mol. The third-order valence-electron chi connectivity index (χ3n) is 1.64. The number of nitrogens with two attached hydrogens (primary N) is 1. The van der Waals surface area contributed by atoms with E-state index in [0.29, 0.717) is 10.2 Å². The molecular formula is C9H13BrN2O2S. The topological polar surface area (TPSA) is 72.2 Å². The second kappa shape index (κ2) is 4.51. The van der Waals surface area contributed by atoms with Gasteiger partial charge in [0.25, 0.3) is 0 Å². The van der Waals surface area contributed by atoms with Gasteiger partial charge in [-0.25, -0.2) is 13.1 Å². The number of hydrogen-bond donors (Lipinski definition) is 2. The zero-order valence-electron chi connectivity index (χ0n) is 8.49. The molecular weight excluding hydrogens is 280 g/mol. The highest BCUT2D eigenvalue weighted by molar-refractivity contribution is 9.10. The van der Waals surface area contributed by atoms with Crippen molar-refractivity contribution in [1.82, 2.24) is 4.72 Å². The van der Waals surface area contributed by atoms with Crippen molar-refractivity contribution in [2.75, 3.05) is 5.73 Å². The van der Waals surface area contributed by atoms with Gasteiger partial charge in [-0.3, -0.25) is 0 Å². The Kier molecular flexibility index (Phi) is 3.75. The third-order valence-corrected chi connectivity index (χ3v) is 4.29. The summed E-state index contributed by atoms with van der Waals surface area (Å²) in [6.07, 6.45) is 0. The van der Waals surface area contributed by atoms with Gasteiger partial charge >= 0.3 is 0 Å². The van der Waals surface area contributed by atoms with Crippen LogP contribution in [-0.2, 0) is 10.0 Å². The van der Waals surface area contributed by atoms with E-state index < -0.39 is 10.0 Å². The molecule has 6 heteroatoms. The molecule has 0 aliphatic rings. The Labute approximate surface area is 98.0 Å². The van der Waals surface area contributed by atoms with E-state index in [1.165, 1.54) is 6.07 Å². The lowest BCUT2D eigenvalue weighted by molar-refractivity contribution is 0.569. The van der Waals surface area contributed by atoms with E-state index in [4.69, 9.17) is 5.73 Å². The Morgan fingerprint density at radius 2 is 2.00 bits per heavy atom. The molecule has 0 saturated heterocycles. The van der Waals surface area contributed by atoms with Gasteiger partial charge in [0.05, 0.1) is 4.90 Å². The fourth-order valence-electron chi connectivity index (χ4n) is 1.10. The molecule has 1 aromatic rings. The number of nitrogens with one attached hydrogen (secondary N) is 1. The molecule has 0 amide bonds. The molecule has 0 spiro atoms. The second-order valence-corrected chi connectivity index (χ2v) is 6.00. The zero-order valence-corrected chi connectivity index (χ0v) is 10.9. The maximum atomic E-state index is 11.8. The van der Waals surface area contributed by atoms with E-state index in [-0.39, 0.29) is 10.9 Å². The molecule has 1 aromatic carbocycles. The molecule has 0 radical (unpaired) electrons. The third kappa shape index (κ3) is 3.19. The van der Waals surface area contributed by atoms with Crippen molar-refractivity contribution in [1.29, 1.82) is 0 Å². The lowest BCUT2D eigenvalue weighted by Crippen LogP contribution is -2.30. The minimum absolute atomic E-state index is 0.150. The molecule has 0 atom stereocenters. The fourth-order valence-corrected chi connectivity index (χ4v) is 3.35. The van der Waals surface area contributed by atoms with E-state index in [2.05, 4.69) is 20.7 Å². The van der Waals surface area contributed by atoms with Crippen molar-refractivity contribution < 1.29 is 8.42 Å². The summed E-state index contributed by atoms with van der Waals surface area (Å²) < 4.78 is 26.6. The van der Waals surface area contributed by atoms with Gasteiger partial charge < -0.3 is 5.73 Å². The molecule has 15 heavy (non-hydrogen) atoms. The average Bonchev–Trinajstić information content (AvgIpc) is 2.06. The summed E-state index contributed by atoms with van der Waals surface area (Å²) in [5, 5.41) is 0. The van der Waals surface area contributed by atoms with Gasteiger partial charge in [0.2, 0.25) is 10.0 Å². The number of sulfonamides is 1. The van der Waals surface area contributed by atoms with Gasteiger partial charge in [-0.1, -0.05) is 0 Å². The Hall–Kier alpha value is -0.590. The van der Waals surface area contributed by atoms with Crippen LogP contribution < -0.4 is 10.5 Å². The van der Waals surface area contributed by atoms with Crippen LogP contribution in [0.4, 0.5) is 5.69 Å². The Morgan fingerprint density at radius 3 is 2.53 bits per heavy atom. The quantitative estimate of drug-likeness (QED) is 0.833. The summed E-state index contributed by atoms with van der Waals surface area (Å²) in [5.74, 6) is 0. The van der Waals surface area contributed by atoms with Crippen molar-refractivity contribution in [2.24, 2.45) is 0 Å². The Morgan fingerprint density at radius 1 is 1.40 bits per heavy atom. The van der Waals surface area contributed by atoms with Gasteiger partial charge in [0, 0.05) is 16.2 Å². The van der Waals surface area contributed by atoms with Crippen molar-refractivity contribution in [3.05, 3.63) is 22.7 Å². The normalized spacial score (nSPS) is 12.0. The molecule has 0 aliphatic carbocycles. The molecule has 0 aromatic heterocycles. The summed E-state index contributed by atoms with van der Waals surface area (Å²) in [4.78, 5) is 0.163. The van der Waals surface area contributed by atoms with Crippen LogP contribution in [0, 0.1) is 0 Å². The molecule has 0 saturated carbocycles. The Bertz CT molecular complexity index is 457. The summed E-state index contributed by atoms with van der Waals surface area (Å²) in [5.41, 5.74) is 5.96. The Balaban J connectivity index is 3.21. The van der Waals surface area contributed by atoms with Gasteiger partial charge in [0.1, 0.15) is 0 Å². The number of anilines is 1. The van der Waals surface area contributed by atoms with Crippen molar-refractivity contribution >= 4 is 31.6 Å². The van der Waals surface area contributed by atoms with E-state index in [1.54, 1.807) is 26.0 Å². The first kappa shape index (κ1) is 12.5. The van der Waals surface area contributed by atoms with Crippen LogP contribution in [0.3, 0.4) is 0 Å². The highest BCUT2D eigenvalue weighted by Crippen LogP contribution is 2.24. The maximum Gasteiger partial charge on any atom is 0.241 e. The molecule has 4 nitrogen and oxygen atoms in total. The monoisotopic (exact) mass is 292 g/mol. The number of halogens is 1. The van der Waals surface area contributed by atoms with Crippen LogP contribution in [0.1, 0.15) is 13.8 Å². The number of rotatable bonds is 3. The van der Waals surface area contributed by atoms with Crippen molar-refractivity contribution in [2.45, 2.75) is 24.8 Å². The second-order valence-electron chi connectivity index (χ2n) is 3.47. The highest BCUT2D eigenvalue weighted by atomic mass is 79.9. The van der Waals surface area contributed by atoms with Gasteiger partial charge in [-0.2, -0.15) is 0 Å². The SMILES string of the molecule is CC(C)NS(=O)(=O)c1cc(N)ccc1Br. The van der Waals surface area contributed by atoms with E-state index in [1.807, 2.05) is 0 Å². The summed E-state index contributed by atoms with van der Waals surface area (Å²) in [6, 6.07) is 4.53. The number of nitrogen functional groups attached to an aromatic ring is 1. The highest BCUT2D eigenvalue weighted by Gasteiger charge is 2.18. The molecule has 3 N–H and O–H groups in total. The average molecular weight is 293 g/mol. The smallest absolute Gasteiger partial charge is 0.241 e. The van der Waals surface area contributed by atoms with Gasteiger partial charge in [0.15, 0.2) is 0 Å². The number of hydrogen-bond acceptors (Lipinski definition) is 3. The first-order chi connectivity index (χ1) is 6.83. The molecule has 0 bridgehead atoms. The lowest BCUT2D eigenvalue weighted by atomic mass is 10.3. The standard InChI is InChI=1S/C9H13BrN2O2S/c1-6(2)12-15(13,14)9-5-7(11)3-4-8(9)10/h3-6,12H,11H2,1-2H3. The summed E-state index contributed by atoms with van der Waals surface area (Å²) in [6.45, 7) is 3.52. The predicted octanol–water partition coefficient (Wildman–Crippen LogP) is 1.72. The minimum Gasteiger partial charge on any atom is -0.399 e. The molecule has 84 valence electrons. The maximum absolute atomic E-state index is 11.8. The van der Waals surface area contributed by atoms with Crippen LogP contribution >= 0.6 is 15.9 Å². The molecule has 0 fully saturated rings. The van der Waals surface area contributed by atoms with E-state index in [9.17, 15) is 8.42 Å². The molecule has 1 rings (SSSR count). The van der Waals surface area contributed by atoms with Crippen LogP contribution in [-0.4, -0.2) is 14.5 Å². The van der Waals surface area contributed by atoms with Crippen molar-refractivity contribution in [3.8, 4) is 0 Å². The van der Waals surface area contributed by atoms with Crippen LogP contribution in [0.5, 0.6) is 0 Å². The lowest BCUT2D eigenvalue weighted by Gasteiger charge is -2.11. The summed E-state index contributed by atoms with van der Waals surface area (Å²) >= 11 is 3.18. The van der Waals surface area contributed by atoms with E-state index in [0.717, 1.165) is 0 Å².